The van der Waals surface area contributed by atoms with E-state index in [0.29, 0.717) is 48.6 Å². The molecule has 0 aliphatic carbocycles. The highest BCUT2D eigenvalue weighted by molar-refractivity contribution is 7.91. The number of rotatable bonds is 9. The van der Waals surface area contributed by atoms with E-state index in [1.54, 1.807) is 29.2 Å². The van der Waals surface area contributed by atoms with E-state index in [1.807, 2.05) is 43.3 Å². The third kappa shape index (κ3) is 7.62. The van der Waals surface area contributed by atoms with Gasteiger partial charge in [-0.2, -0.15) is 5.26 Å². The highest BCUT2D eigenvalue weighted by atomic mass is 32.2. The zero-order valence-electron chi connectivity index (χ0n) is 25.0. The molecule has 0 radical (unpaired) electrons. The predicted molar refractivity (Wildman–Crippen MR) is 168 cm³/mol. The molecule has 2 aliphatic heterocycles. The Hall–Kier alpha value is -4.27. The number of aromatic nitrogens is 1. The largest absolute Gasteiger partial charge is 0.368 e. The number of nitriles is 1. The van der Waals surface area contributed by atoms with Gasteiger partial charge in [0.25, 0.3) is 11.8 Å². The molecule has 1 aromatic heterocycles. The Morgan fingerprint density at radius 3 is 2.20 bits per heavy atom. The number of amides is 2. The first-order valence-electron chi connectivity index (χ1n) is 15.1. The standard InChI is InChI=1S/C33H38N6O4S/c1-2-21-44(42,43)30-10-8-29(9-11-30)38-17-19-39(20-18-38)33(41)27-7-12-31(35-23-27)32(40)36-28-13-15-37(16-14-28)24-26-5-3-25(22-34)4-6-26/h3-12,23,28H,2,13-21,24H2,1H3,(H,36,40). The van der Waals surface area contributed by atoms with E-state index in [2.05, 4.69) is 26.2 Å². The number of piperidine rings is 1. The van der Waals surface area contributed by atoms with E-state index in [9.17, 15) is 18.0 Å². The van der Waals surface area contributed by atoms with Crippen molar-refractivity contribution in [1.29, 1.82) is 5.26 Å². The Morgan fingerprint density at radius 2 is 1.61 bits per heavy atom. The number of carbonyl (C=O) groups excluding carboxylic acids is 2. The molecule has 44 heavy (non-hydrogen) atoms. The van der Waals surface area contributed by atoms with Gasteiger partial charge in [0, 0.05) is 63.7 Å². The minimum Gasteiger partial charge on any atom is -0.368 e. The first kappa shape index (κ1) is 31.2. The Balaban J connectivity index is 1.07. The number of nitrogens with one attached hydrogen (secondary N) is 1. The van der Waals surface area contributed by atoms with Crippen LogP contribution in [0.25, 0.3) is 0 Å². The van der Waals surface area contributed by atoms with Gasteiger partial charge in [0.15, 0.2) is 9.84 Å². The summed E-state index contributed by atoms with van der Waals surface area (Å²) in [6.07, 6.45) is 3.73. The monoisotopic (exact) mass is 614 g/mol. The topological polar surface area (TPSA) is 127 Å². The molecule has 2 amide bonds. The van der Waals surface area contributed by atoms with Crippen LogP contribution in [0.5, 0.6) is 0 Å². The van der Waals surface area contributed by atoms with Crippen LogP contribution in [0, 0.1) is 11.3 Å². The van der Waals surface area contributed by atoms with E-state index >= 15 is 0 Å². The maximum absolute atomic E-state index is 13.1. The van der Waals surface area contributed by atoms with Crippen LogP contribution in [0.3, 0.4) is 0 Å². The van der Waals surface area contributed by atoms with Gasteiger partial charge in [0.1, 0.15) is 5.69 Å². The summed E-state index contributed by atoms with van der Waals surface area (Å²) < 4.78 is 24.6. The minimum atomic E-state index is -3.25. The van der Waals surface area contributed by atoms with E-state index in [0.717, 1.165) is 38.2 Å². The fourth-order valence-electron chi connectivity index (χ4n) is 5.69. The molecule has 11 heteroatoms. The van der Waals surface area contributed by atoms with E-state index < -0.39 is 9.84 Å². The van der Waals surface area contributed by atoms with Crippen LogP contribution >= 0.6 is 0 Å². The molecule has 1 N–H and O–H groups in total. The molecular weight excluding hydrogens is 576 g/mol. The zero-order chi connectivity index (χ0) is 31.1. The number of anilines is 1. The lowest BCUT2D eigenvalue weighted by Crippen LogP contribution is -2.48. The van der Waals surface area contributed by atoms with Crippen molar-refractivity contribution in [3.05, 3.63) is 89.2 Å². The summed E-state index contributed by atoms with van der Waals surface area (Å²) in [5.41, 5.74) is 3.48. The second-order valence-electron chi connectivity index (χ2n) is 11.4. The van der Waals surface area contributed by atoms with Gasteiger partial charge in [-0.3, -0.25) is 19.5 Å². The predicted octanol–water partition coefficient (Wildman–Crippen LogP) is 3.49. The summed E-state index contributed by atoms with van der Waals surface area (Å²) in [5.74, 6) is -0.230. The molecule has 2 saturated heterocycles. The minimum absolute atomic E-state index is 0.0658. The molecule has 2 fully saturated rings. The lowest BCUT2D eigenvalue weighted by atomic mass is 10.0. The normalized spacial score (nSPS) is 16.4. The van der Waals surface area contributed by atoms with Gasteiger partial charge < -0.3 is 15.1 Å². The molecule has 0 spiro atoms. The van der Waals surface area contributed by atoms with Crippen molar-refractivity contribution in [3.63, 3.8) is 0 Å². The molecule has 10 nitrogen and oxygen atoms in total. The van der Waals surface area contributed by atoms with Crippen LogP contribution in [0.1, 0.15) is 58.2 Å². The third-order valence-corrected chi connectivity index (χ3v) is 10.2. The zero-order valence-corrected chi connectivity index (χ0v) is 25.8. The molecule has 3 heterocycles. The van der Waals surface area contributed by atoms with Crippen LogP contribution < -0.4 is 10.2 Å². The summed E-state index contributed by atoms with van der Waals surface area (Å²) in [6.45, 7) is 6.72. The second kappa shape index (κ2) is 14.0. The molecule has 0 bridgehead atoms. The first-order valence-corrected chi connectivity index (χ1v) is 16.8. The molecule has 0 atom stereocenters. The van der Waals surface area contributed by atoms with Crippen molar-refractivity contribution >= 4 is 27.3 Å². The van der Waals surface area contributed by atoms with Gasteiger partial charge in [-0.15, -0.1) is 0 Å². The number of carbonyl (C=O) groups is 2. The van der Waals surface area contributed by atoms with Gasteiger partial charge >= 0.3 is 0 Å². The number of piperazine rings is 1. The SMILES string of the molecule is CCCS(=O)(=O)c1ccc(N2CCN(C(=O)c3ccc(C(=O)NC4CCN(Cc5ccc(C#N)cc5)CC4)nc3)CC2)cc1. The lowest BCUT2D eigenvalue weighted by molar-refractivity contribution is 0.0745. The molecule has 0 unspecified atom stereocenters. The number of nitrogens with zero attached hydrogens (tertiary/aromatic N) is 5. The maximum Gasteiger partial charge on any atom is 0.270 e. The van der Waals surface area contributed by atoms with Crippen LogP contribution in [0.15, 0.2) is 71.8 Å². The van der Waals surface area contributed by atoms with Gasteiger partial charge in [-0.1, -0.05) is 19.1 Å². The van der Waals surface area contributed by atoms with Crippen molar-refractivity contribution in [3.8, 4) is 6.07 Å². The number of likely N-dealkylation sites (tertiary alicyclic amines) is 1. The Labute approximate surface area is 259 Å². The summed E-state index contributed by atoms with van der Waals surface area (Å²) in [6, 6.07) is 20.1. The van der Waals surface area contributed by atoms with Crippen LogP contribution in [-0.2, 0) is 16.4 Å². The van der Waals surface area contributed by atoms with E-state index in [1.165, 1.54) is 11.8 Å². The molecule has 230 valence electrons. The summed E-state index contributed by atoms with van der Waals surface area (Å²) >= 11 is 0. The molecule has 2 aliphatic rings. The lowest BCUT2D eigenvalue weighted by Gasteiger charge is -2.36. The summed E-state index contributed by atoms with van der Waals surface area (Å²) in [5, 5.41) is 12.1. The number of hydrogen-bond acceptors (Lipinski definition) is 8. The Morgan fingerprint density at radius 1 is 0.932 bits per heavy atom. The average molecular weight is 615 g/mol. The van der Waals surface area contributed by atoms with E-state index in [-0.39, 0.29) is 29.3 Å². The highest BCUT2D eigenvalue weighted by Gasteiger charge is 2.25. The smallest absolute Gasteiger partial charge is 0.270 e. The maximum atomic E-state index is 13.1. The Kier molecular flexibility index (Phi) is 9.92. The van der Waals surface area contributed by atoms with Gasteiger partial charge in [0.2, 0.25) is 0 Å². The van der Waals surface area contributed by atoms with Crippen molar-refractivity contribution in [2.24, 2.45) is 0 Å². The number of sulfone groups is 1. The second-order valence-corrected chi connectivity index (χ2v) is 13.5. The molecule has 2 aromatic carbocycles. The fourth-order valence-corrected chi connectivity index (χ4v) is 7.02. The Bertz CT molecular complexity index is 1590. The fraction of sp³-hybridized carbons (Fsp3) is 0.394. The number of hydrogen-bond donors (Lipinski definition) is 1. The van der Waals surface area contributed by atoms with Crippen molar-refractivity contribution < 1.29 is 18.0 Å². The summed E-state index contributed by atoms with van der Waals surface area (Å²) in [4.78, 5) is 36.9. The van der Waals surface area contributed by atoms with Crippen LogP contribution in [0.4, 0.5) is 5.69 Å². The van der Waals surface area contributed by atoms with Crippen LogP contribution in [0.2, 0.25) is 0 Å². The number of benzene rings is 2. The van der Waals surface area contributed by atoms with Crippen LogP contribution in [-0.4, -0.2) is 86.1 Å². The molecule has 5 rings (SSSR count). The molecular formula is C33H38N6O4S. The third-order valence-electron chi connectivity index (χ3n) is 8.26. The first-order chi connectivity index (χ1) is 21.3. The van der Waals surface area contributed by atoms with Crippen molar-refractivity contribution in [1.82, 2.24) is 20.1 Å². The summed E-state index contributed by atoms with van der Waals surface area (Å²) in [7, 11) is -3.25. The average Bonchev–Trinajstić information content (AvgIpc) is 3.06. The van der Waals surface area contributed by atoms with Gasteiger partial charge in [-0.05, 0) is 73.4 Å². The van der Waals surface area contributed by atoms with E-state index in [4.69, 9.17) is 5.26 Å². The number of pyridine rings is 1. The van der Waals surface area contributed by atoms with Crippen molar-refractivity contribution in [2.75, 3.05) is 49.9 Å². The van der Waals surface area contributed by atoms with Gasteiger partial charge in [-0.25, -0.2) is 8.42 Å². The molecule has 3 aromatic rings. The highest BCUT2D eigenvalue weighted by Crippen LogP contribution is 2.21. The quantitative estimate of drug-likeness (QED) is 0.388. The molecule has 0 saturated carbocycles. The van der Waals surface area contributed by atoms with Gasteiger partial charge in [0.05, 0.1) is 27.8 Å². The van der Waals surface area contributed by atoms with Crippen molar-refractivity contribution in [2.45, 2.75) is 43.7 Å².